The summed E-state index contributed by atoms with van der Waals surface area (Å²) in [5.41, 5.74) is 5.38. The second kappa shape index (κ2) is 8.32. The van der Waals surface area contributed by atoms with Crippen LogP contribution < -0.4 is 10.5 Å². The van der Waals surface area contributed by atoms with Crippen molar-refractivity contribution in [2.24, 2.45) is 5.73 Å². The lowest BCUT2D eigenvalue weighted by Gasteiger charge is -2.10. The van der Waals surface area contributed by atoms with Gasteiger partial charge in [0.1, 0.15) is 4.90 Å². The van der Waals surface area contributed by atoms with E-state index in [4.69, 9.17) is 10.5 Å². The number of aromatic nitrogens is 2. The first-order valence-corrected chi connectivity index (χ1v) is 7.88. The average molecular weight is 305 g/mol. The predicted octanol–water partition coefficient (Wildman–Crippen LogP) is -1.30. The molecule has 1 aromatic heterocycles. The van der Waals surface area contributed by atoms with Crippen LogP contribution in [0.5, 0.6) is 0 Å². The van der Waals surface area contributed by atoms with E-state index in [0.29, 0.717) is 26.3 Å². The highest BCUT2D eigenvalue weighted by atomic mass is 32.2. The van der Waals surface area contributed by atoms with Crippen molar-refractivity contribution in [2.45, 2.75) is 11.4 Å². The number of likely N-dealkylation sites (N-methyl/N-ethyl adjacent to an activating group) is 1. The zero-order chi connectivity index (χ0) is 15.0. The molecule has 20 heavy (non-hydrogen) atoms. The van der Waals surface area contributed by atoms with E-state index in [0.717, 1.165) is 6.54 Å². The predicted molar refractivity (Wildman–Crippen MR) is 75.8 cm³/mol. The summed E-state index contributed by atoms with van der Waals surface area (Å²) in [4.78, 5) is 2.13. The summed E-state index contributed by atoms with van der Waals surface area (Å²) < 4.78 is 33.1. The summed E-state index contributed by atoms with van der Waals surface area (Å²) in [6, 6.07) is 0. The first-order valence-electron chi connectivity index (χ1n) is 6.40. The van der Waals surface area contributed by atoms with E-state index in [1.165, 1.54) is 17.1 Å². The number of nitrogens with one attached hydrogen (secondary N) is 1. The Hall–Kier alpha value is -1.00. The molecule has 0 aliphatic carbocycles. The maximum atomic E-state index is 11.9. The average Bonchev–Trinajstić information content (AvgIpc) is 2.83. The number of hydrogen-bond donors (Lipinski definition) is 2. The minimum atomic E-state index is -3.53. The molecule has 0 atom stereocenters. The Morgan fingerprint density at radius 1 is 1.45 bits per heavy atom. The van der Waals surface area contributed by atoms with E-state index in [2.05, 4.69) is 9.82 Å². The molecule has 8 nitrogen and oxygen atoms in total. The summed E-state index contributed by atoms with van der Waals surface area (Å²) in [7, 11) is 0.373. The first-order chi connectivity index (χ1) is 9.45. The number of hydrogen-bond acceptors (Lipinski definition) is 6. The van der Waals surface area contributed by atoms with Crippen molar-refractivity contribution in [1.82, 2.24) is 19.4 Å². The molecule has 0 radical (unpaired) electrons. The van der Waals surface area contributed by atoms with Gasteiger partial charge in [-0.1, -0.05) is 0 Å². The summed E-state index contributed by atoms with van der Waals surface area (Å²) in [5, 5.41) is 3.93. The smallest absolute Gasteiger partial charge is 0.243 e. The van der Waals surface area contributed by atoms with Gasteiger partial charge in [0.05, 0.1) is 26.0 Å². The molecule has 3 N–H and O–H groups in total. The lowest BCUT2D eigenvalue weighted by molar-refractivity contribution is 0.122. The fraction of sp³-hybridized carbons (Fsp3) is 0.727. The molecule has 1 rings (SSSR count). The van der Waals surface area contributed by atoms with Gasteiger partial charge >= 0.3 is 0 Å². The molecule has 0 spiro atoms. The second-order valence-corrected chi connectivity index (χ2v) is 6.31. The van der Waals surface area contributed by atoms with Crippen LogP contribution in [-0.4, -0.2) is 70.0 Å². The SMILES string of the molecule is CN(C)CCOCCNS(=O)(=O)c1cnn(CCN)c1. The number of nitrogens with zero attached hydrogens (tertiary/aromatic N) is 3. The molecule has 0 fully saturated rings. The van der Waals surface area contributed by atoms with Crippen LogP contribution in [0.4, 0.5) is 0 Å². The van der Waals surface area contributed by atoms with Gasteiger partial charge in [-0.25, -0.2) is 13.1 Å². The van der Waals surface area contributed by atoms with E-state index in [1.54, 1.807) is 0 Å². The highest BCUT2D eigenvalue weighted by molar-refractivity contribution is 7.89. The fourth-order valence-electron chi connectivity index (χ4n) is 1.42. The molecule has 1 heterocycles. The Labute approximate surface area is 119 Å². The van der Waals surface area contributed by atoms with Crippen LogP contribution in [0.15, 0.2) is 17.3 Å². The normalized spacial score (nSPS) is 12.2. The van der Waals surface area contributed by atoms with Crippen molar-refractivity contribution >= 4 is 10.0 Å². The quantitative estimate of drug-likeness (QED) is 0.521. The Balaban J connectivity index is 2.33. The van der Waals surface area contributed by atoms with Crippen LogP contribution in [0.1, 0.15) is 0 Å². The van der Waals surface area contributed by atoms with Crippen molar-refractivity contribution in [3.63, 3.8) is 0 Å². The van der Waals surface area contributed by atoms with Gasteiger partial charge < -0.3 is 15.4 Å². The Morgan fingerprint density at radius 3 is 2.85 bits per heavy atom. The zero-order valence-electron chi connectivity index (χ0n) is 11.9. The third-order valence-electron chi connectivity index (χ3n) is 2.50. The summed E-state index contributed by atoms with van der Waals surface area (Å²) in [6.45, 7) is 2.85. The second-order valence-electron chi connectivity index (χ2n) is 4.54. The van der Waals surface area contributed by atoms with E-state index >= 15 is 0 Å². The standard InChI is InChI=1S/C11H23N5O3S/c1-15(2)6-8-19-7-4-14-20(17,18)11-9-13-16(10-11)5-3-12/h9-10,14H,3-8,12H2,1-2H3. The molecule has 0 amide bonds. The van der Waals surface area contributed by atoms with Gasteiger partial charge in [0, 0.05) is 25.8 Å². The summed E-state index contributed by atoms with van der Waals surface area (Å²) >= 11 is 0. The molecule has 116 valence electrons. The van der Waals surface area contributed by atoms with Crippen LogP contribution in [-0.2, 0) is 21.3 Å². The lowest BCUT2D eigenvalue weighted by Crippen LogP contribution is -2.28. The monoisotopic (exact) mass is 305 g/mol. The molecule has 9 heteroatoms. The largest absolute Gasteiger partial charge is 0.379 e. The maximum absolute atomic E-state index is 11.9. The van der Waals surface area contributed by atoms with Gasteiger partial charge in [0.15, 0.2) is 0 Å². The Kier molecular flexibility index (Phi) is 7.10. The number of sulfonamides is 1. The van der Waals surface area contributed by atoms with E-state index in [1.807, 2.05) is 19.0 Å². The Morgan fingerprint density at radius 2 is 2.20 bits per heavy atom. The minimum absolute atomic E-state index is 0.138. The van der Waals surface area contributed by atoms with Gasteiger partial charge in [-0.15, -0.1) is 0 Å². The molecular weight excluding hydrogens is 282 g/mol. The van der Waals surface area contributed by atoms with Crippen LogP contribution in [0.3, 0.4) is 0 Å². The van der Waals surface area contributed by atoms with Gasteiger partial charge in [0.25, 0.3) is 0 Å². The summed E-state index contributed by atoms with van der Waals surface area (Å²) in [6.07, 6.45) is 2.77. The van der Waals surface area contributed by atoms with E-state index in [9.17, 15) is 8.42 Å². The summed E-state index contributed by atoms with van der Waals surface area (Å²) in [5.74, 6) is 0. The highest BCUT2D eigenvalue weighted by Gasteiger charge is 2.15. The molecule has 0 aliphatic rings. The molecule has 0 saturated heterocycles. The molecular formula is C11H23N5O3S. The highest BCUT2D eigenvalue weighted by Crippen LogP contribution is 2.06. The van der Waals surface area contributed by atoms with Crippen molar-refractivity contribution in [3.8, 4) is 0 Å². The van der Waals surface area contributed by atoms with Crippen molar-refractivity contribution in [3.05, 3.63) is 12.4 Å². The van der Waals surface area contributed by atoms with Crippen LogP contribution >= 0.6 is 0 Å². The van der Waals surface area contributed by atoms with E-state index in [-0.39, 0.29) is 11.4 Å². The van der Waals surface area contributed by atoms with Gasteiger partial charge in [-0.05, 0) is 14.1 Å². The van der Waals surface area contributed by atoms with Gasteiger partial charge in [-0.3, -0.25) is 4.68 Å². The van der Waals surface area contributed by atoms with Crippen LogP contribution in [0.25, 0.3) is 0 Å². The van der Waals surface area contributed by atoms with Crippen molar-refractivity contribution in [2.75, 3.05) is 46.9 Å². The molecule has 0 aliphatic heterocycles. The van der Waals surface area contributed by atoms with Gasteiger partial charge in [-0.2, -0.15) is 5.10 Å². The maximum Gasteiger partial charge on any atom is 0.243 e. The minimum Gasteiger partial charge on any atom is -0.379 e. The number of nitrogens with two attached hydrogens (primary N) is 1. The zero-order valence-corrected chi connectivity index (χ0v) is 12.8. The number of ether oxygens (including phenoxy) is 1. The van der Waals surface area contributed by atoms with Gasteiger partial charge in [0.2, 0.25) is 10.0 Å². The topological polar surface area (TPSA) is 102 Å². The van der Waals surface area contributed by atoms with Crippen molar-refractivity contribution < 1.29 is 13.2 Å². The molecule has 1 aromatic rings. The first kappa shape index (κ1) is 17.1. The van der Waals surface area contributed by atoms with Crippen molar-refractivity contribution in [1.29, 1.82) is 0 Å². The van der Waals surface area contributed by atoms with Crippen LogP contribution in [0, 0.1) is 0 Å². The molecule has 0 bridgehead atoms. The molecule has 0 unspecified atom stereocenters. The fourth-order valence-corrected chi connectivity index (χ4v) is 2.38. The molecule has 0 aromatic carbocycles. The lowest BCUT2D eigenvalue weighted by atomic mass is 10.6. The third kappa shape index (κ3) is 5.97. The third-order valence-corrected chi connectivity index (χ3v) is 3.91. The Bertz CT molecular complexity index is 486. The molecule has 0 saturated carbocycles. The van der Waals surface area contributed by atoms with Crippen LogP contribution in [0.2, 0.25) is 0 Å². The van der Waals surface area contributed by atoms with E-state index < -0.39 is 10.0 Å². The number of rotatable bonds is 10.